The Hall–Kier alpha value is -3.22. The van der Waals surface area contributed by atoms with Gasteiger partial charge in [-0.3, -0.25) is 19.9 Å². The average molecular weight is 425 g/mol. The number of hydrogen-bond acceptors (Lipinski definition) is 3. The van der Waals surface area contributed by atoms with Gasteiger partial charge in [-0.1, -0.05) is 43.7 Å². The van der Waals surface area contributed by atoms with E-state index in [0.29, 0.717) is 5.56 Å². The molecule has 1 fully saturated rings. The highest BCUT2D eigenvalue weighted by Gasteiger charge is 2.37. The van der Waals surface area contributed by atoms with E-state index >= 15 is 0 Å². The molecule has 3 N–H and O–H groups in total. The van der Waals surface area contributed by atoms with Crippen molar-refractivity contribution in [2.45, 2.75) is 58.2 Å². The molecule has 31 heavy (non-hydrogen) atoms. The first-order valence-electron chi connectivity index (χ1n) is 10.5. The molecule has 1 saturated heterocycles. The number of rotatable bonds is 7. The van der Waals surface area contributed by atoms with E-state index < -0.39 is 17.3 Å². The number of benzene rings is 2. The fourth-order valence-corrected chi connectivity index (χ4v) is 3.98. The lowest BCUT2D eigenvalue weighted by Crippen LogP contribution is -2.60. The van der Waals surface area contributed by atoms with Crippen LogP contribution >= 0.6 is 0 Å². The maximum absolute atomic E-state index is 14.3. The van der Waals surface area contributed by atoms with Crippen molar-refractivity contribution in [2.24, 2.45) is 0 Å². The van der Waals surface area contributed by atoms with E-state index in [0.717, 1.165) is 18.4 Å². The first-order valence-corrected chi connectivity index (χ1v) is 10.5. The largest absolute Gasteiger partial charge is 0.350 e. The normalized spacial score (nSPS) is 19.7. The lowest BCUT2D eigenvalue weighted by atomic mass is 9.89. The lowest BCUT2D eigenvalue weighted by Gasteiger charge is -2.40. The zero-order valence-corrected chi connectivity index (χ0v) is 18.2. The molecule has 6 nitrogen and oxygen atoms in total. The Bertz CT molecular complexity index is 959. The molecule has 0 aromatic heterocycles. The SMILES string of the molecule is CCC[C@]1(C)CC(=O)N(Cc2cc(F)cc(C(=O)N[C@H](C)c3ccccc3)c2)C(=N)N1. The van der Waals surface area contributed by atoms with Crippen molar-refractivity contribution < 1.29 is 14.0 Å². The molecule has 164 valence electrons. The molecule has 0 spiro atoms. The molecule has 2 aromatic carbocycles. The Kier molecular flexibility index (Phi) is 6.73. The lowest BCUT2D eigenvalue weighted by molar-refractivity contribution is -0.131. The van der Waals surface area contributed by atoms with E-state index in [4.69, 9.17) is 5.41 Å². The van der Waals surface area contributed by atoms with Crippen molar-refractivity contribution in [2.75, 3.05) is 0 Å². The van der Waals surface area contributed by atoms with E-state index in [1.165, 1.54) is 17.0 Å². The van der Waals surface area contributed by atoms with Gasteiger partial charge in [0, 0.05) is 11.1 Å². The predicted molar refractivity (Wildman–Crippen MR) is 118 cm³/mol. The van der Waals surface area contributed by atoms with Crippen LogP contribution in [0.1, 0.15) is 67.6 Å². The Labute approximate surface area is 182 Å². The third-order valence-corrected chi connectivity index (χ3v) is 5.54. The smallest absolute Gasteiger partial charge is 0.251 e. The molecule has 2 atom stereocenters. The maximum atomic E-state index is 14.3. The molecule has 2 amide bonds. The van der Waals surface area contributed by atoms with Crippen molar-refractivity contribution in [3.63, 3.8) is 0 Å². The zero-order valence-electron chi connectivity index (χ0n) is 18.2. The van der Waals surface area contributed by atoms with Gasteiger partial charge >= 0.3 is 0 Å². The summed E-state index contributed by atoms with van der Waals surface area (Å²) in [7, 11) is 0. The summed E-state index contributed by atoms with van der Waals surface area (Å²) in [6, 6.07) is 13.3. The van der Waals surface area contributed by atoms with Gasteiger partial charge < -0.3 is 10.6 Å². The molecule has 0 saturated carbocycles. The topological polar surface area (TPSA) is 85.3 Å². The summed E-state index contributed by atoms with van der Waals surface area (Å²) in [5.74, 6) is -1.14. The Morgan fingerprint density at radius 2 is 2.00 bits per heavy atom. The number of halogens is 1. The summed E-state index contributed by atoms with van der Waals surface area (Å²) in [6.07, 6.45) is 1.94. The van der Waals surface area contributed by atoms with Gasteiger partial charge in [-0.15, -0.1) is 0 Å². The van der Waals surface area contributed by atoms with Gasteiger partial charge in [0.1, 0.15) is 5.82 Å². The minimum atomic E-state index is -0.560. The second kappa shape index (κ2) is 9.29. The second-order valence-electron chi connectivity index (χ2n) is 8.39. The van der Waals surface area contributed by atoms with E-state index in [1.807, 2.05) is 51.1 Å². The highest BCUT2D eigenvalue weighted by molar-refractivity contribution is 5.99. The second-order valence-corrected chi connectivity index (χ2v) is 8.39. The van der Waals surface area contributed by atoms with Crippen LogP contribution < -0.4 is 10.6 Å². The van der Waals surface area contributed by atoms with Crippen LogP contribution in [-0.4, -0.2) is 28.2 Å². The van der Waals surface area contributed by atoms with E-state index in [1.54, 1.807) is 6.07 Å². The molecular weight excluding hydrogens is 395 g/mol. The van der Waals surface area contributed by atoms with E-state index in [9.17, 15) is 14.0 Å². The van der Waals surface area contributed by atoms with Crippen molar-refractivity contribution >= 4 is 17.8 Å². The zero-order chi connectivity index (χ0) is 22.6. The molecule has 0 aliphatic carbocycles. The minimum absolute atomic E-state index is 0.000151. The number of amides is 2. The van der Waals surface area contributed by atoms with Crippen LogP contribution in [0, 0.1) is 11.2 Å². The molecular formula is C24H29FN4O2. The van der Waals surface area contributed by atoms with E-state index in [-0.39, 0.29) is 36.4 Å². The molecule has 7 heteroatoms. The van der Waals surface area contributed by atoms with E-state index in [2.05, 4.69) is 10.6 Å². The van der Waals surface area contributed by atoms with Gasteiger partial charge in [-0.25, -0.2) is 4.39 Å². The summed E-state index contributed by atoms with van der Waals surface area (Å²) in [6.45, 7) is 5.85. The van der Waals surface area contributed by atoms with Crippen LogP contribution in [0.3, 0.4) is 0 Å². The van der Waals surface area contributed by atoms with Crippen LogP contribution in [0.2, 0.25) is 0 Å². The Balaban J connectivity index is 1.73. The third kappa shape index (κ3) is 5.48. The van der Waals surface area contributed by atoms with Crippen molar-refractivity contribution in [1.82, 2.24) is 15.5 Å². The highest BCUT2D eigenvalue weighted by atomic mass is 19.1. The van der Waals surface area contributed by atoms with Crippen LogP contribution in [-0.2, 0) is 11.3 Å². The highest BCUT2D eigenvalue weighted by Crippen LogP contribution is 2.24. The molecule has 1 aliphatic heterocycles. The number of nitrogens with zero attached hydrogens (tertiary/aromatic N) is 1. The summed E-state index contributed by atoms with van der Waals surface area (Å²) >= 11 is 0. The Morgan fingerprint density at radius 3 is 2.65 bits per heavy atom. The van der Waals surface area contributed by atoms with Crippen molar-refractivity contribution in [1.29, 1.82) is 5.41 Å². The summed E-state index contributed by atoms with van der Waals surface area (Å²) in [5.41, 5.74) is 1.13. The first-order chi connectivity index (χ1) is 14.7. The fourth-order valence-electron chi connectivity index (χ4n) is 3.98. The molecule has 0 unspecified atom stereocenters. The third-order valence-electron chi connectivity index (χ3n) is 5.54. The minimum Gasteiger partial charge on any atom is -0.350 e. The predicted octanol–water partition coefficient (Wildman–Crippen LogP) is 4.13. The molecule has 0 bridgehead atoms. The van der Waals surface area contributed by atoms with Gasteiger partial charge in [0.05, 0.1) is 19.0 Å². The molecule has 3 rings (SSSR count). The van der Waals surface area contributed by atoms with Crippen molar-refractivity contribution in [3.8, 4) is 0 Å². The number of carbonyl (C=O) groups is 2. The number of guanidine groups is 1. The summed E-state index contributed by atoms with van der Waals surface area (Å²) < 4.78 is 14.3. The number of carbonyl (C=O) groups excluding carboxylic acids is 2. The molecule has 0 radical (unpaired) electrons. The molecule has 1 aliphatic rings. The first kappa shape index (κ1) is 22.5. The quantitative estimate of drug-likeness (QED) is 0.625. The van der Waals surface area contributed by atoms with Gasteiger partial charge in [-0.05, 0) is 49.6 Å². The van der Waals surface area contributed by atoms with Crippen LogP contribution in [0.15, 0.2) is 48.5 Å². The molecule has 1 heterocycles. The average Bonchev–Trinajstić information content (AvgIpc) is 2.71. The monoisotopic (exact) mass is 424 g/mol. The number of nitrogens with one attached hydrogen (secondary N) is 3. The fraction of sp³-hybridized carbons (Fsp3) is 0.375. The van der Waals surface area contributed by atoms with Crippen LogP contribution in [0.25, 0.3) is 0 Å². The van der Waals surface area contributed by atoms with Crippen LogP contribution in [0.4, 0.5) is 4.39 Å². The maximum Gasteiger partial charge on any atom is 0.251 e. The summed E-state index contributed by atoms with van der Waals surface area (Å²) in [5, 5.41) is 14.2. The van der Waals surface area contributed by atoms with Gasteiger partial charge in [-0.2, -0.15) is 0 Å². The van der Waals surface area contributed by atoms with Gasteiger partial charge in [0.25, 0.3) is 5.91 Å². The Morgan fingerprint density at radius 1 is 1.29 bits per heavy atom. The molecule has 2 aromatic rings. The van der Waals surface area contributed by atoms with Gasteiger partial charge in [0.2, 0.25) is 5.91 Å². The summed E-state index contributed by atoms with van der Waals surface area (Å²) in [4.78, 5) is 26.7. The number of hydrogen-bond donors (Lipinski definition) is 3. The van der Waals surface area contributed by atoms with Crippen LogP contribution in [0.5, 0.6) is 0 Å². The van der Waals surface area contributed by atoms with Crippen molar-refractivity contribution in [3.05, 3.63) is 71.0 Å². The standard InChI is InChI=1S/C24H29FN4O2/c1-4-10-24(3)14-21(30)29(23(26)28-24)15-17-11-19(13-20(25)12-17)22(31)27-16(2)18-8-6-5-7-9-18/h5-9,11-13,16H,4,10,14-15H2,1-3H3,(H2,26,28)(H,27,31)/t16-,24-/m1/s1. The van der Waals surface area contributed by atoms with Gasteiger partial charge in [0.15, 0.2) is 5.96 Å².